The first-order valence-electron chi connectivity index (χ1n) is 9.03. The fourth-order valence-electron chi connectivity index (χ4n) is 3.05. The number of pyridine rings is 1. The maximum atomic E-state index is 13.3. The number of nitrogens with zero attached hydrogens (tertiary/aromatic N) is 1. The molecule has 0 bridgehead atoms. The molecular weight excluding hydrogens is 406 g/mol. The van der Waals surface area contributed by atoms with Crippen molar-refractivity contribution in [2.75, 3.05) is 7.11 Å². The van der Waals surface area contributed by atoms with E-state index in [1.54, 1.807) is 63.4 Å². The number of hydrogen-bond donors (Lipinski definition) is 0. The van der Waals surface area contributed by atoms with Crippen LogP contribution in [0.5, 0.6) is 5.75 Å². The molecule has 0 amide bonds. The third-order valence-electron chi connectivity index (χ3n) is 4.53. The lowest BCUT2D eigenvalue weighted by atomic mass is 10.2. The fraction of sp³-hybridized carbons (Fsp3) is 0.227. The third kappa shape index (κ3) is 4.57. The molecule has 1 atom stereocenters. The van der Waals surface area contributed by atoms with Crippen LogP contribution in [-0.2, 0) is 26.4 Å². The lowest BCUT2D eigenvalue weighted by Gasteiger charge is -2.14. The highest BCUT2D eigenvalue weighted by Crippen LogP contribution is 2.30. The Bertz CT molecular complexity index is 1150. The Balaban J connectivity index is 2.07. The minimum atomic E-state index is -3.86. The first-order valence-corrected chi connectivity index (χ1v) is 11.8. The minimum absolute atomic E-state index is 0.0267. The van der Waals surface area contributed by atoms with Crippen LogP contribution in [0.4, 0.5) is 0 Å². The van der Waals surface area contributed by atoms with Gasteiger partial charge in [0.05, 0.1) is 28.6 Å². The topological polar surface area (TPSA) is 73.3 Å². The van der Waals surface area contributed by atoms with Gasteiger partial charge < -0.3 is 4.74 Å². The van der Waals surface area contributed by atoms with E-state index in [4.69, 9.17) is 4.74 Å². The number of aromatic nitrogens is 1. The van der Waals surface area contributed by atoms with Crippen molar-refractivity contribution in [1.29, 1.82) is 0 Å². The maximum Gasteiger partial charge on any atom is 0.209 e. The number of benzene rings is 2. The molecule has 7 heteroatoms. The molecule has 0 aliphatic heterocycles. The summed E-state index contributed by atoms with van der Waals surface area (Å²) in [6.07, 6.45) is 0. The Labute approximate surface area is 174 Å². The molecule has 3 aromatic rings. The predicted octanol–water partition coefficient (Wildman–Crippen LogP) is 4.16. The van der Waals surface area contributed by atoms with E-state index in [0.717, 1.165) is 11.1 Å². The molecule has 3 rings (SSSR count). The molecule has 0 unspecified atom stereocenters. The first-order chi connectivity index (χ1) is 13.7. The number of methoxy groups -OCH3 is 1. The molecule has 0 spiro atoms. The molecule has 0 saturated carbocycles. The number of rotatable bonds is 6. The number of aryl methyl sites for hydroxylation is 3. The number of hydrogen-bond acceptors (Lipinski definition) is 5. The smallest absolute Gasteiger partial charge is 0.209 e. The van der Waals surface area contributed by atoms with E-state index in [0.29, 0.717) is 17.0 Å². The van der Waals surface area contributed by atoms with Gasteiger partial charge in [-0.2, -0.15) is 0 Å². The summed E-state index contributed by atoms with van der Waals surface area (Å²) in [5.74, 6) is 0.864. The molecule has 29 heavy (non-hydrogen) atoms. The van der Waals surface area contributed by atoms with Gasteiger partial charge in [0.2, 0.25) is 9.84 Å². The van der Waals surface area contributed by atoms with Gasteiger partial charge in [0.15, 0.2) is 0 Å². The molecule has 0 aliphatic rings. The number of ether oxygens (including phenoxy) is 1. The van der Waals surface area contributed by atoms with Gasteiger partial charge in [0.1, 0.15) is 15.7 Å². The summed E-state index contributed by atoms with van der Waals surface area (Å²) in [7, 11) is -3.91. The minimum Gasteiger partial charge on any atom is -0.497 e. The molecule has 0 radical (unpaired) electrons. The summed E-state index contributed by atoms with van der Waals surface area (Å²) in [6.45, 7) is 5.37. The van der Waals surface area contributed by atoms with Crippen LogP contribution in [0.3, 0.4) is 0 Å². The van der Waals surface area contributed by atoms with Gasteiger partial charge in [-0.3, -0.25) is 4.21 Å². The summed E-state index contributed by atoms with van der Waals surface area (Å²) in [5, 5.41) is 0.0962. The molecule has 0 saturated heterocycles. The Kier molecular flexibility index (Phi) is 6.19. The van der Waals surface area contributed by atoms with Crippen LogP contribution >= 0.6 is 0 Å². The molecule has 0 aliphatic carbocycles. The van der Waals surface area contributed by atoms with Crippen LogP contribution in [0, 0.1) is 20.8 Å². The van der Waals surface area contributed by atoms with Crippen molar-refractivity contribution in [1.82, 2.24) is 4.98 Å². The van der Waals surface area contributed by atoms with E-state index >= 15 is 0 Å². The van der Waals surface area contributed by atoms with E-state index in [2.05, 4.69) is 4.98 Å². The number of sulfone groups is 1. The Morgan fingerprint density at radius 2 is 1.59 bits per heavy atom. The van der Waals surface area contributed by atoms with Gasteiger partial charge in [-0.15, -0.1) is 0 Å². The van der Waals surface area contributed by atoms with Gasteiger partial charge in [-0.25, -0.2) is 13.4 Å². The molecule has 1 aromatic heterocycles. The second kappa shape index (κ2) is 8.47. The normalized spacial score (nSPS) is 12.6. The fourth-order valence-corrected chi connectivity index (χ4v) is 6.39. The van der Waals surface area contributed by atoms with E-state index in [1.807, 2.05) is 19.1 Å². The predicted molar refractivity (Wildman–Crippen MR) is 113 cm³/mol. The summed E-state index contributed by atoms with van der Waals surface area (Å²) in [4.78, 5) is 4.56. The average Bonchev–Trinajstić information content (AvgIpc) is 2.68. The first kappa shape index (κ1) is 21.2. The zero-order chi connectivity index (χ0) is 21.2. The van der Waals surface area contributed by atoms with Crippen LogP contribution in [-0.4, -0.2) is 24.7 Å². The Hall–Kier alpha value is -2.51. The van der Waals surface area contributed by atoms with E-state index < -0.39 is 20.6 Å². The van der Waals surface area contributed by atoms with Crippen LogP contribution in [0.2, 0.25) is 0 Å². The third-order valence-corrected chi connectivity index (χ3v) is 7.93. The average molecular weight is 430 g/mol. The van der Waals surface area contributed by atoms with Crippen molar-refractivity contribution < 1.29 is 17.4 Å². The van der Waals surface area contributed by atoms with Crippen molar-refractivity contribution in [2.24, 2.45) is 0 Å². The van der Waals surface area contributed by atoms with Crippen molar-refractivity contribution in [3.05, 3.63) is 77.0 Å². The SMILES string of the molecule is COc1ccc(C[S@](=O)c2nc(C)cc(C)c2S(=O)(=O)c2ccc(C)cc2)cc1. The van der Waals surface area contributed by atoms with Gasteiger partial charge in [0, 0.05) is 5.69 Å². The second-order valence-electron chi connectivity index (χ2n) is 6.87. The Morgan fingerprint density at radius 1 is 0.966 bits per heavy atom. The van der Waals surface area contributed by atoms with Crippen LogP contribution in [0.15, 0.2) is 69.4 Å². The van der Waals surface area contributed by atoms with Gasteiger partial charge >= 0.3 is 0 Å². The lowest BCUT2D eigenvalue weighted by Crippen LogP contribution is -2.13. The molecule has 1 heterocycles. The standard InChI is InChI=1S/C22H23NO4S2/c1-15-5-11-20(12-6-15)29(25,26)21-16(2)13-17(3)23-22(21)28(24)14-18-7-9-19(27-4)10-8-18/h5-13H,14H2,1-4H3/t28-/m0/s1. The summed E-state index contributed by atoms with van der Waals surface area (Å²) in [6, 6.07) is 15.5. The second-order valence-corrected chi connectivity index (χ2v) is 10.1. The van der Waals surface area contributed by atoms with E-state index in [9.17, 15) is 12.6 Å². The highest BCUT2D eigenvalue weighted by atomic mass is 32.2. The van der Waals surface area contributed by atoms with Gasteiger partial charge in [-0.1, -0.05) is 29.8 Å². The highest BCUT2D eigenvalue weighted by Gasteiger charge is 2.28. The van der Waals surface area contributed by atoms with Gasteiger partial charge in [0.25, 0.3) is 0 Å². The summed E-state index contributed by atoms with van der Waals surface area (Å²) >= 11 is 0. The van der Waals surface area contributed by atoms with Crippen LogP contribution in [0.1, 0.15) is 22.4 Å². The van der Waals surface area contributed by atoms with Crippen LogP contribution in [0.25, 0.3) is 0 Å². The lowest BCUT2D eigenvalue weighted by molar-refractivity contribution is 0.414. The quantitative estimate of drug-likeness (QED) is 0.588. The van der Waals surface area contributed by atoms with Crippen molar-refractivity contribution >= 4 is 20.6 Å². The molecule has 152 valence electrons. The molecule has 2 aromatic carbocycles. The van der Waals surface area contributed by atoms with Crippen molar-refractivity contribution in [3.63, 3.8) is 0 Å². The van der Waals surface area contributed by atoms with Crippen molar-refractivity contribution in [3.8, 4) is 5.75 Å². The zero-order valence-corrected chi connectivity index (χ0v) is 18.4. The molecular formula is C22H23NO4S2. The van der Waals surface area contributed by atoms with Crippen molar-refractivity contribution in [2.45, 2.75) is 41.3 Å². The van der Waals surface area contributed by atoms with E-state index in [1.165, 1.54) is 0 Å². The largest absolute Gasteiger partial charge is 0.497 e. The highest BCUT2D eigenvalue weighted by molar-refractivity contribution is 7.92. The van der Waals surface area contributed by atoms with E-state index in [-0.39, 0.29) is 20.6 Å². The summed E-state index contributed by atoms with van der Waals surface area (Å²) in [5.41, 5.74) is 2.94. The van der Waals surface area contributed by atoms with Gasteiger partial charge in [-0.05, 0) is 62.2 Å². The Morgan fingerprint density at radius 3 is 2.17 bits per heavy atom. The zero-order valence-electron chi connectivity index (χ0n) is 16.8. The molecule has 0 fully saturated rings. The molecule has 0 N–H and O–H groups in total. The molecule has 5 nitrogen and oxygen atoms in total. The van der Waals surface area contributed by atoms with Crippen LogP contribution < -0.4 is 4.74 Å². The maximum absolute atomic E-state index is 13.3. The summed E-state index contributed by atoms with van der Waals surface area (Å²) < 4.78 is 45.0. The monoisotopic (exact) mass is 429 g/mol.